The van der Waals surface area contributed by atoms with E-state index in [2.05, 4.69) is 82.9 Å². The van der Waals surface area contributed by atoms with Gasteiger partial charge in [-0.05, 0) is 49.7 Å². The van der Waals surface area contributed by atoms with Gasteiger partial charge < -0.3 is 5.11 Å². The van der Waals surface area contributed by atoms with E-state index in [9.17, 15) is 5.11 Å². The molecule has 0 fully saturated rings. The molecule has 3 aromatic carbocycles. The first-order valence-electron chi connectivity index (χ1n) is 9.68. The minimum atomic E-state index is 0.219. The maximum atomic E-state index is 9.39. The molecule has 0 aliphatic carbocycles. The number of phenolic OH excluding ortho intramolecular Hbond substituents is 1. The summed E-state index contributed by atoms with van der Waals surface area (Å²) >= 11 is 0. The van der Waals surface area contributed by atoms with Gasteiger partial charge in [-0.1, -0.05) is 59.7 Å². The first-order chi connectivity index (χ1) is 14.6. The summed E-state index contributed by atoms with van der Waals surface area (Å²) in [4.78, 5) is 9.29. The van der Waals surface area contributed by atoms with Crippen LogP contribution in [-0.2, 0) is 0 Å². The Labute approximate surface area is 175 Å². The molecule has 0 aliphatic rings. The van der Waals surface area contributed by atoms with Gasteiger partial charge >= 0.3 is 0 Å². The summed E-state index contributed by atoms with van der Waals surface area (Å²) in [6, 6.07) is 25.3. The van der Waals surface area contributed by atoms with Gasteiger partial charge in [0.25, 0.3) is 0 Å². The topological polar surface area (TPSA) is 70.4 Å². The third-order valence-electron chi connectivity index (χ3n) is 4.69. The molecule has 0 saturated heterocycles. The Morgan fingerprint density at radius 1 is 0.733 bits per heavy atom. The second-order valence-corrected chi connectivity index (χ2v) is 7.16. The number of aromatic hydroxyl groups is 1. The van der Waals surface area contributed by atoms with Crippen molar-refractivity contribution in [2.75, 3.05) is 5.43 Å². The summed E-state index contributed by atoms with van der Waals surface area (Å²) in [5.74, 6) is 0.635. The minimum absolute atomic E-state index is 0.219. The van der Waals surface area contributed by atoms with Crippen LogP contribution in [0.25, 0.3) is 22.5 Å². The summed E-state index contributed by atoms with van der Waals surface area (Å²) in [5.41, 5.74) is 9.86. The summed E-state index contributed by atoms with van der Waals surface area (Å²) in [6.45, 7) is 4.12. The van der Waals surface area contributed by atoms with Gasteiger partial charge in [0.1, 0.15) is 5.75 Å². The lowest BCUT2D eigenvalue weighted by atomic mass is 10.1. The van der Waals surface area contributed by atoms with E-state index in [1.165, 1.54) is 11.1 Å². The van der Waals surface area contributed by atoms with Crippen molar-refractivity contribution in [3.63, 3.8) is 0 Å². The first kappa shape index (κ1) is 19.3. The van der Waals surface area contributed by atoms with E-state index in [1.807, 2.05) is 6.07 Å². The van der Waals surface area contributed by atoms with Crippen LogP contribution in [0.4, 0.5) is 5.95 Å². The Morgan fingerprint density at radius 3 is 1.73 bits per heavy atom. The molecule has 0 amide bonds. The number of phenols is 1. The Balaban J connectivity index is 1.68. The van der Waals surface area contributed by atoms with Crippen molar-refractivity contribution in [1.82, 2.24) is 9.97 Å². The fraction of sp³-hybridized carbons (Fsp3) is 0.0800. The molecule has 2 N–H and O–H groups in total. The average molecular weight is 394 g/mol. The van der Waals surface area contributed by atoms with Crippen molar-refractivity contribution in [1.29, 1.82) is 0 Å². The Kier molecular flexibility index (Phi) is 5.52. The normalized spacial score (nSPS) is 11.0. The van der Waals surface area contributed by atoms with Crippen molar-refractivity contribution < 1.29 is 5.11 Å². The number of aryl methyl sites for hydroxylation is 2. The Hall–Kier alpha value is -3.99. The van der Waals surface area contributed by atoms with Crippen molar-refractivity contribution in [2.45, 2.75) is 13.8 Å². The van der Waals surface area contributed by atoms with E-state index in [0.29, 0.717) is 5.95 Å². The molecular weight excluding hydrogens is 372 g/mol. The largest absolute Gasteiger partial charge is 0.508 e. The molecule has 0 saturated carbocycles. The number of benzene rings is 3. The van der Waals surface area contributed by atoms with E-state index in [4.69, 9.17) is 0 Å². The van der Waals surface area contributed by atoms with Crippen LogP contribution in [0.3, 0.4) is 0 Å². The number of nitrogens with one attached hydrogen (secondary N) is 1. The highest BCUT2D eigenvalue weighted by Crippen LogP contribution is 2.26. The van der Waals surface area contributed by atoms with Gasteiger partial charge in [0, 0.05) is 11.1 Å². The molecule has 0 radical (unpaired) electrons. The smallest absolute Gasteiger partial charge is 0.244 e. The van der Waals surface area contributed by atoms with Crippen LogP contribution in [-0.4, -0.2) is 21.3 Å². The fourth-order valence-electron chi connectivity index (χ4n) is 2.97. The highest BCUT2D eigenvalue weighted by Gasteiger charge is 2.08. The van der Waals surface area contributed by atoms with Gasteiger partial charge in [0.15, 0.2) is 0 Å². The number of aromatic nitrogens is 2. The molecule has 5 nitrogen and oxygen atoms in total. The lowest BCUT2D eigenvalue weighted by Crippen LogP contribution is -2.00. The first-order valence-corrected chi connectivity index (χ1v) is 9.68. The monoisotopic (exact) mass is 394 g/mol. The lowest BCUT2D eigenvalue weighted by Gasteiger charge is -2.09. The van der Waals surface area contributed by atoms with E-state index < -0.39 is 0 Å². The molecule has 1 heterocycles. The summed E-state index contributed by atoms with van der Waals surface area (Å²) in [5, 5.41) is 13.6. The predicted octanol–water partition coefficient (Wildman–Crippen LogP) is 5.58. The van der Waals surface area contributed by atoms with Gasteiger partial charge in [0.05, 0.1) is 17.6 Å². The Bertz CT molecular complexity index is 1100. The third-order valence-corrected chi connectivity index (χ3v) is 4.69. The molecule has 4 rings (SSSR count). The molecule has 5 heteroatoms. The number of rotatable bonds is 5. The fourth-order valence-corrected chi connectivity index (χ4v) is 2.97. The van der Waals surface area contributed by atoms with Crippen molar-refractivity contribution >= 4 is 12.2 Å². The van der Waals surface area contributed by atoms with Crippen LogP contribution in [0, 0.1) is 13.8 Å². The van der Waals surface area contributed by atoms with E-state index in [1.54, 1.807) is 30.5 Å². The molecule has 0 atom stereocenters. The maximum absolute atomic E-state index is 9.39. The van der Waals surface area contributed by atoms with Crippen molar-refractivity contribution in [3.05, 3.63) is 95.6 Å². The standard InChI is InChI=1S/C25H22N4O/c1-17-3-9-20(10-4-17)23-15-24(21-11-5-18(2)6-12-21)28-25(27-23)29-26-16-19-7-13-22(30)14-8-19/h3-16,30H,1-2H3,(H,27,28,29)/b26-16+. The van der Waals surface area contributed by atoms with Gasteiger partial charge in [-0.3, -0.25) is 0 Å². The average Bonchev–Trinajstić information content (AvgIpc) is 2.76. The molecule has 0 bridgehead atoms. The van der Waals surface area contributed by atoms with Crippen molar-refractivity contribution in [2.24, 2.45) is 5.10 Å². The van der Waals surface area contributed by atoms with Crippen LogP contribution in [0.5, 0.6) is 5.75 Å². The zero-order valence-electron chi connectivity index (χ0n) is 16.9. The zero-order chi connectivity index (χ0) is 20.9. The van der Waals surface area contributed by atoms with Crippen LogP contribution in [0.15, 0.2) is 84.0 Å². The molecule has 30 heavy (non-hydrogen) atoms. The van der Waals surface area contributed by atoms with E-state index in [0.717, 1.165) is 28.1 Å². The van der Waals surface area contributed by atoms with Crippen LogP contribution < -0.4 is 5.43 Å². The third kappa shape index (κ3) is 4.70. The summed E-state index contributed by atoms with van der Waals surface area (Å²) in [7, 11) is 0. The highest BCUT2D eigenvalue weighted by molar-refractivity contribution is 5.80. The highest BCUT2D eigenvalue weighted by atomic mass is 16.3. The number of nitrogens with zero attached hydrogens (tertiary/aromatic N) is 3. The quantitative estimate of drug-likeness (QED) is 0.342. The SMILES string of the molecule is Cc1ccc(-c2cc(-c3ccc(C)cc3)nc(N/N=C/c3ccc(O)cc3)n2)cc1. The predicted molar refractivity (Wildman–Crippen MR) is 122 cm³/mol. The van der Waals surface area contributed by atoms with Crippen LogP contribution in [0.2, 0.25) is 0 Å². The number of hydrogen-bond acceptors (Lipinski definition) is 5. The van der Waals surface area contributed by atoms with Crippen molar-refractivity contribution in [3.8, 4) is 28.3 Å². The zero-order valence-corrected chi connectivity index (χ0v) is 16.9. The second kappa shape index (κ2) is 8.57. The van der Waals surface area contributed by atoms with E-state index in [-0.39, 0.29) is 5.75 Å². The Morgan fingerprint density at radius 2 is 1.23 bits per heavy atom. The van der Waals surface area contributed by atoms with Gasteiger partial charge in [-0.15, -0.1) is 0 Å². The number of hydrogen-bond donors (Lipinski definition) is 2. The summed E-state index contributed by atoms with van der Waals surface area (Å²) in [6.07, 6.45) is 1.66. The molecule has 1 aromatic heterocycles. The second-order valence-electron chi connectivity index (χ2n) is 7.16. The molecule has 0 unspecified atom stereocenters. The molecule has 4 aromatic rings. The van der Waals surface area contributed by atoms with Crippen LogP contribution >= 0.6 is 0 Å². The molecule has 0 spiro atoms. The van der Waals surface area contributed by atoms with Gasteiger partial charge in [-0.25, -0.2) is 15.4 Å². The summed E-state index contributed by atoms with van der Waals surface area (Å²) < 4.78 is 0. The number of hydrazone groups is 1. The van der Waals surface area contributed by atoms with E-state index >= 15 is 0 Å². The molecule has 0 aliphatic heterocycles. The number of anilines is 1. The maximum Gasteiger partial charge on any atom is 0.244 e. The molecular formula is C25H22N4O. The lowest BCUT2D eigenvalue weighted by molar-refractivity contribution is 0.475. The molecule has 148 valence electrons. The van der Waals surface area contributed by atoms with Crippen LogP contribution in [0.1, 0.15) is 16.7 Å². The van der Waals surface area contributed by atoms with Gasteiger partial charge in [0.2, 0.25) is 5.95 Å². The minimum Gasteiger partial charge on any atom is -0.508 e. The van der Waals surface area contributed by atoms with Gasteiger partial charge in [-0.2, -0.15) is 5.10 Å².